The van der Waals surface area contributed by atoms with Gasteiger partial charge in [0.2, 0.25) is 0 Å². The maximum Gasteiger partial charge on any atom is 0.199 e. The standard InChI is InChI=1S/C23H24O4S2/c1-3-5-12-20-18-23(17-19(20)4-2,28(24,25)21-13-8-6-9-14-21)29(26,27)22-15-10-7-11-16-22/h3-4,6-11,13-16H,1-2,5,12,17-18H2. The van der Waals surface area contributed by atoms with Crippen molar-refractivity contribution in [1.82, 2.24) is 0 Å². The average molecular weight is 429 g/mol. The lowest BCUT2D eigenvalue weighted by molar-refractivity contribution is 0.539. The Balaban J connectivity index is 2.25. The van der Waals surface area contributed by atoms with Crippen molar-refractivity contribution in [2.45, 2.75) is 39.6 Å². The molecule has 0 fully saturated rings. The van der Waals surface area contributed by atoms with Gasteiger partial charge in [-0.3, -0.25) is 0 Å². The molecule has 0 aliphatic heterocycles. The molecule has 1 aliphatic rings. The van der Waals surface area contributed by atoms with Gasteiger partial charge in [0.25, 0.3) is 0 Å². The van der Waals surface area contributed by atoms with Crippen LogP contribution in [0.4, 0.5) is 0 Å². The van der Waals surface area contributed by atoms with Gasteiger partial charge >= 0.3 is 0 Å². The van der Waals surface area contributed by atoms with E-state index in [9.17, 15) is 16.8 Å². The molecule has 4 nitrogen and oxygen atoms in total. The van der Waals surface area contributed by atoms with Gasteiger partial charge in [-0.25, -0.2) is 16.8 Å². The fourth-order valence-electron chi connectivity index (χ4n) is 3.81. The van der Waals surface area contributed by atoms with Crippen LogP contribution < -0.4 is 0 Å². The molecule has 0 amide bonds. The van der Waals surface area contributed by atoms with Crippen LogP contribution in [0.25, 0.3) is 0 Å². The molecule has 0 saturated heterocycles. The fraction of sp³-hybridized carbons (Fsp3) is 0.217. The minimum absolute atomic E-state index is 0.00730. The summed E-state index contributed by atoms with van der Waals surface area (Å²) in [7, 11) is -8.42. The Hall–Kier alpha value is -2.44. The van der Waals surface area contributed by atoms with E-state index in [1.54, 1.807) is 48.6 Å². The van der Waals surface area contributed by atoms with Crippen LogP contribution in [-0.2, 0) is 19.7 Å². The maximum absolute atomic E-state index is 13.8. The third kappa shape index (κ3) is 3.51. The summed E-state index contributed by atoms with van der Waals surface area (Å²) in [5, 5.41) is 0. The molecule has 0 unspecified atom stereocenters. The summed E-state index contributed by atoms with van der Waals surface area (Å²) >= 11 is 0. The normalized spacial score (nSPS) is 16.6. The van der Waals surface area contributed by atoms with Crippen LogP contribution >= 0.6 is 0 Å². The van der Waals surface area contributed by atoms with E-state index in [4.69, 9.17) is 0 Å². The Bertz CT molecular complexity index is 1070. The minimum Gasteiger partial charge on any atom is -0.222 e. The Kier molecular flexibility index (Phi) is 5.96. The predicted octanol–water partition coefficient (Wildman–Crippen LogP) is 4.87. The predicted molar refractivity (Wildman–Crippen MR) is 116 cm³/mol. The number of hydrogen-bond donors (Lipinski definition) is 0. The van der Waals surface area contributed by atoms with E-state index in [-0.39, 0.29) is 22.6 Å². The van der Waals surface area contributed by atoms with Gasteiger partial charge in [-0.1, -0.05) is 60.7 Å². The molecule has 29 heavy (non-hydrogen) atoms. The number of rotatable bonds is 8. The molecule has 152 valence electrons. The number of sulfone groups is 2. The summed E-state index contributed by atoms with van der Waals surface area (Å²) < 4.78 is 53.2. The molecule has 2 aromatic carbocycles. The monoisotopic (exact) mass is 428 g/mol. The molecule has 2 aromatic rings. The van der Waals surface area contributed by atoms with Crippen LogP contribution in [-0.4, -0.2) is 20.9 Å². The van der Waals surface area contributed by atoms with Gasteiger partial charge in [0, 0.05) is 12.8 Å². The molecule has 0 heterocycles. The van der Waals surface area contributed by atoms with E-state index in [2.05, 4.69) is 13.2 Å². The van der Waals surface area contributed by atoms with Crippen molar-refractivity contribution >= 4 is 19.7 Å². The third-order valence-electron chi connectivity index (χ3n) is 5.38. The highest BCUT2D eigenvalue weighted by Crippen LogP contribution is 2.50. The lowest BCUT2D eigenvalue weighted by atomic mass is 10.1. The Morgan fingerprint density at radius 3 is 1.69 bits per heavy atom. The smallest absolute Gasteiger partial charge is 0.199 e. The molecule has 0 saturated carbocycles. The van der Waals surface area contributed by atoms with E-state index in [1.807, 2.05) is 0 Å². The molecular weight excluding hydrogens is 404 g/mol. The zero-order valence-electron chi connectivity index (χ0n) is 16.1. The Morgan fingerprint density at radius 2 is 1.28 bits per heavy atom. The molecule has 1 aliphatic carbocycles. The van der Waals surface area contributed by atoms with Crippen molar-refractivity contribution in [2.24, 2.45) is 0 Å². The van der Waals surface area contributed by atoms with Gasteiger partial charge in [0.1, 0.15) is 0 Å². The van der Waals surface area contributed by atoms with Gasteiger partial charge in [0.15, 0.2) is 23.8 Å². The van der Waals surface area contributed by atoms with Gasteiger partial charge in [-0.2, -0.15) is 0 Å². The first-order valence-corrected chi connectivity index (χ1v) is 12.3. The van der Waals surface area contributed by atoms with Crippen molar-refractivity contribution < 1.29 is 16.8 Å². The van der Waals surface area contributed by atoms with E-state index in [0.717, 1.165) is 5.57 Å². The highest BCUT2D eigenvalue weighted by molar-refractivity contribution is 8.10. The zero-order valence-corrected chi connectivity index (χ0v) is 17.8. The molecule has 0 radical (unpaired) electrons. The quantitative estimate of drug-likeness (QED) is 0.562. The highest BCUT2D eigenvalue weighted by atomic mass is 32.3. The summed E-state index contributed by atoms with van der Waals surface area (Å²) in [6.07, 6.45) is 4.33. The van der Waals surface area contributed by atoms with Crippen LogP contribution in [0.2, 0.25) is 0 Å². The lowest BCUT2D eigenvalue weighted by Crippen LogP contribution is -2.44. The van der Waals surface area contributed by atoms with Crippen molar-refractivity contribution in [3.05, 3.63) is 97.1 Å². The zero-order chi connectivity index (χ0) is 21.1. The van der Waals surface area contributed by atoms with Crippen LogP contribution in [0.5, 0.6) is 0 Å². The molecule has 0 bridgehead atoms. The summed E-state index contributed by atoms with van der Waals surface area (Å²) in [5.41, 5.74) is 1.49. The highest BCUT2D eigenvalue weighted by Gasteiger charge is 2.59. The Morgan fingerprint density at radius 1 is 0.793 bits per heavy atom. The summed E-state index contributed by atoms with van der Waals surface area (Å²) in [6, 6.07) is 15.6. The molecule has 3 rings (SSSR count). The number of benzene rings is 2. The van der Waals surface area contributed by atoms with Crippen molar-refractivity contribution in [3.8, 4) is 0 Å². The topological polar surface area (TPSA) is 68.3 Å². The second-order valence-corrected chi connectivity index (χ2v) is 11.8. The molecule has 0 spiro atoms. The van der Waals surface area contributed by atoms with Crippen molar-refractivity contribution in [1.29, 1.82) is 0 Å². The van der Waals surface area contributed by atoms with E-state index in [1.165, 1.54) is 24.3 Å². The van der Waals surface area contributed by atoms with Crippen LogP contribution in [0.3, 0.4) is 0 Å². The first-order chi connectivity index (χ1) is 13.8. The van der Waals surface area contributed by atoms with E-state index in [0.29, 0.717) is 18.4 Å². The summed E-state index contributed by atoms with van der Waals surface area (Å²) in [6.45, 7) is 7.52. The third-order valence-corrected chi connectivity index (χ3v) is 11.0. The molecule has 6 heteroatoms. The SMILES string of the molecule is C=CCCC1=C(C=C)CC(S(=O)(=O)c2ccccc2)(S(=O)(=O)c2ccccc2)C1. The number of hydrogen-bond acceptors (Lipinski definition) is 4. The minimum atomic E-state index is -4.21. The second-order valence-electron chi connectivity index (χ2n) is 7.06. The summed E-state index contributed by atoms with van der Waals surface area (Å²) in [5.74, 6) is 0. The van der Waals surface area contributed by atoms with Crippen LogP contribution in [0, 0.1) is 0 Å². The molecule has 0 atom stereocenters. The Labute approximate surface area is 173 Å². The molecule has 0 N–H and O–H groups in total. The first kappa shape index (κ1) is 21.3. The average Bonchev–Trinajstić information content (AvgIpc) is 3.14. The van der Waals surface area contributed by atoms with Gasteiger partial charge < -0.3 is 0 Å². The van der Waals surface area contributed by atoms with Crippen molar-refractivity contribution in [3.63, 3.8) is 0 Å². The van der Waals surface area contributed by atoms with Crippen LogP contribution in [0.15, 0.2) is 107 Å². The fourth-order valence-corrected chi connectivity index (χ4v) is 8.85. The lowest BCUT2D eigenvalue weighted by Gasteiger charge is -2.29. The van der Waals surface area contributed by atoms with E-state index >= 15 is 0 Å². The summed E-state index contributed by atoms with van der Waals surface area (Å²) in [4.78, 5) is 0.0146. The molecule has 0 aromatic heterocycles. The maximum atomic E-state index is 13.8. The van der Waals surface area contributed by atoms with Gasteiger partial charge in [-0.15, -0.1) is 6.58 Å². The van der Waals surface area contributed by atoms with Gasteiger partial charge in [0.05, 0.1) is 9.79 Å². The van der Waals surface area contributed by atoms with E-state index < -0.39 is 23.8 Å². The largest absolute Gasteiger partial charge is 0.222 e. The second kappa shape index (κ2) is 8.13. The van der Waals surface area contributed by atoms with Gasteiger partial charge in [-0.05, 0) is 42.7 Å². The molecular formula is C23H24O4S2. The van der Waals surface area contributed by atoms with Crippen molar-refractivity contribution in [2.75, 3.05) is 0 Å². The van der Waals surface area contributed by atoms with Crippen LogP contribution in [0.1, 0.15) is 25.7 Å². The number of allylic oxidation sites excluding steroid dienone is 4. The first-order valence-electron chi connectivity index (χ1n) is 9.34.